The maximum Gasteiger partial charge on any atom is 0.0631 e. The van der Waals surface area contributed by atoms with Crippen LogP contribution in [0.2, 0.25) is 0 Å². The van der Waals surface area contributed by atoms with Crippen molar-refractivity contribution in [2.75, 3.05) is 0 Å². The van der Waals surface area contributed by atoms with Gasteiger partial charge in [-0.3, -0.25) is 0 Å². The minimum atomic E-state index is -0.222. The van der Waals surface area contributed by atoms with Crippen LogP contribution in [0.15, 0.2) is 24.3 Å². The second-order valence-corrected chi connectivity index (χ2v) is 2.16. The highest BCUT2D eigenvalue weighted by Gasteiger charge is 2.43. The number of nitrogens with two attached hydrogens (primary N) is 1. The fourth-order valence-corrected chi connectivity index (χ4v) is 0.528. The minimum absolute atomic E-state index is 0.222. The molecule has 0 aromatic carbocycles. The van der Waals surface area contributed by atoms with E-state index in [4.69, 9.17) is 5.73 Å². The Balaban J connectivity index is 2.90. The molecule has 0 bridgehead atoms. The van der Waals surface area contributed by atoms with Crippen molar-refractivity contribution < 1.29 is 0 Å². The van der Waals surface area contributed by atoms with Crippen molar-refractivity contribution in [1.29, 1.82) is 0 Å². The van der Waals surface area contributed by atoms with E-state index in [9.17, 15) is 0 Å². The van der Waals surface area contributed by atoms with Gasteiger partial charge in [-0.25, -0.2) is 0 Å². The van der Waals surface area contributed by atoms with Gasteiger partial charge in [0.1, 0.15) is 0 Å². The first kappa shape index (κ1) is 4.60. The lowest BCUT2D eigenvalue weighted by molar-refractivity contribution is 0.847. The molecule has 0 unspecified atom stereocenters. The van der Waals surface area contributed by atoms with E-state index < -0.39 is 0 Å². The van der Waals surface area contributed by atoms with Crippen LogP contribution in [0.4, 0.5) is 0 Å². The summed E-state index contributed by atoms with van der Waals surface area (Å²) in [6, 6.07) is 0. The van der Waals surface area contributed by atoms with Gasteiger partial charge in [-0.05, 0) is 18.1 Å². The van der Waals surface area contributed by atoms with E-state index in [1.807, 2.05) is 6.92 Å². The van der Waals surface area contributed by atoms with E-state index in [0.29, 0.717) is 0 Å². The average molecular weight is 95.1 g/mol. The van der Waals surface area contributed by atoms with E-state index in [2.05, 4.69) is 13.2 Å². The van der Waals surface area contributed by atoms with Crippen LogP contribution in [0.5, 0.6) is 0 Å². The third-order valence-electron chi connectivity index (χ3n) is 1.56. The quantitative estimate of drug-likeness (QED) is 0.474. The molecular formula is C6H9N. The van der Waals surface area contributed by atoms with E-state index in [1.54, 1.807) is 0 Å². The molecule has 7 heavy (non-hydrogen) atoms. The van der Waals surface area contributed by atoms with Gasteiger partial charge in [0, 0.05) is 0 Å². The summed E-state index contributed by atoms with van der Waals surface area (Å²) in [5.74, 6) is 0. The summed E-state index contributed by atoms with van der Waals surface area (Å²) in [5, 5.41) is 0. The molecule has 1 nitrogen and oxygen atoms in total. The Morgan fingerprint density at radius 3 is 1.57 bits per heavy atom. The van der Waals surface area contributed by atoms with Gasteiger partial charge in [0.25, 0.3) is 0 Å². The van der Waals surface area contributed by atoms with Crippen molar-refractivity contribution in [3.05, 3.63) is 24.3 Å². The van der Waals surface area contributed by atoms with Crippen molar-refractivity contribution in [2.45, 2.75) is 12.5 Å². The summed E-state index contributed by atoms with van der Waals surface area (Å²) < 4.78 is 0. The minimum Gasteiger partial charge on any atom is -0.318 e. The van der Waals surface area contributed by atoms with Crippen LogP contribution in [0.25, 0.3) is 0 Å². The highest BCUT2D eigenvalue weighted by Crippen LogP contribution is 2.43. The Labute approximate surface area is 43.5 Å². The van der Waals surface area contributed by atoms with Crippen LogP contribution in [0.1, 0.15) is 6.92 Å². The maximum atomic E-state index is 5.55. The molecule has 2 N–H and O–H groups in total. The molecular weight excluding hydrogens is 86.1 g/mol. The van der Waals surface area contributed by atoms with Crippen molar-refractivity contribution in [2.24, 2.45) is 5.73 Å². The lowest BCUT2D eigenvalue weighted by Crippen LogP contribution is -2.16. The molecule has 0 aliphatic heterocycles. The van der Waals surface area contributed by atoms with E-state index in [0.717, 1.165) is 11.1 Å². The summed E-state index contributed by atoms with van der Waals surface area (Å²) in [6.45, 7) is 9.27. The second-order valence-electron chi connectivity index (χ2n) is 2.16. The summed E-state index contributed by atoms with van der Waals surface area (Å²) in [4.78, 5) is 0. The largest absolute Gasteiger partial charge is 0.318 e. The molecule has 0 aromatic heterocycles. The van der Waals surface area contributed by atoms with Crippen LogP contribution >= 0.6 is 0 Å². The Morgan fingerprint density at radius 1 is 1.43 bits per heavy atom. The molecule has 1 rings (SSSR count). The van der Waals surface area contributed by atoms with Gasteiger partial charge >= 0.3 is 0 Å². The Bertz CT molecular complexity index is 126. The van der Waals surface area contributed by atoms with Crippen molar-refractivity contribution in [3.63, 3.8) is 0 Å². The maximum absolute atomic E-state index is 5.55. The SMILES string of the molecule is C=C1C(=C)C1(C)N. The van der Waals surface area contributed by atoms with Crippen molar-refractivity contribution in [3.8, 4) is 0 Å². The number of hydrogen-bond donors (Lipinski definition) is 1. The summed E-state index contributed by atoms with van der Waals surface area (Å²) in [6.07, 6.45) is 0. The molecule has 1 heteroatoms. The third kappa shape index (κ3) is 0.356. The predicted molar refractivity (Wildman–Crippen MR) is 30.9 cm³/mol. The molecule has 38 valence electrons. The zero-order chi connectivity index (χ0) is 5.65. The highest BCUT2D eigenvalue weighted by atomic mass is 14.8. The lowest BCUT2D eigenvalue weighted by atomic mass is 10.3. The molecule has 0 saturated heterocycles. The van der Waals surface area contributed by atoms with Crippen LogP contribution in [-0.2, 0) is 0 Å². The van der Waals surface area contributed by atoms with Gasteiger partial charge in [-0.1, -0.05) is 13.2 Å². The molecule has 1 aliphatic carbocycles. The van der Waals surface area contributed by atoms with Crippen LogP contribution in [-0.4, -0.2) is 5.54 Å². The monoisotopic (exact) mass is 95.1 g/mol. The molecule has 0 aromatic rings. The Morgan fingerprint density at radius 2 is 1.57 bits per heavy atom. The smallest absolute Gasteiger partial charge is 0.0631 e. The van der Waals surface area contributed by atoms with Crippen LogP contribution in [0, 0.1) is 0 Å². The molecule has 1 saturated carbocycles. The molecule has 0 atom stereocenters. The first-order chi connectivity index (χ1) is 3.07. The lowest BCUT2D eigenvalue weighted by Gasteiger charge is -1.89. The van der Waals surface area contributed by atoms with E-state index >= 15 is 0 Å². The fraction of sp³-hybridized carbons (Fsp3) is 0.333. The number of hydrogen-bond acceptors (Lipinski definition) is 1. The van der Waals surface area contributed by atoms with Gasteiger partial charge in [0.2, 0.25) is 0 Å². The normalized spacial score (nSPS) is 25.4. The van der Waals surface area contributed by atoms with Gasteiger partial charge < -0.3 is 5.73 Å². The first-order valence-corrected chi connectivity index (χ1v) is 2.25. The van der Waals surface area contributed by atoms with Crippen molar-refractivity contribution >= 4 is 0 Å². The first-order valence-electron chi connectivity index (χ1n) is 2.25. The van der Waals surface area contributed by atoms with Crippen LogP contribution < -0.4 is 5.73 Å². The summed E-state index contributed by atoms with van der Waals surface area (Å²) in [7, 11) is 0. The topological polar surface area (TPSA) is 26.0 Å². The molecule has 1 fully saturated rings. The average Bonchev–Trinajstić information content (AvgIpc) is 1.91. The highest BCUT2D eigenvalue weighted by molar-refractivity contribution is 5.63. The number of rotatable bonds is 0. The zero-order valence-electron chi connectivity index (χ0n) is 4.49. The molecule has 1 aliphatic rings. The van der Waals surface area contributed by atoms with Gasteiger partial charge in [-0.2, -0.15) is 0 Å². The molecule has 0 heterocycles. The van der Waals surface area contributed by atoms with E-state index in [1.165, 1.54) is 0 Å². The zero-order valence-corrected chi connectivity index (χ0v) is 4.49. The van der Waals surface area contributed by atoms with Gasteiger partial charge in [-0.15, -0.1) is 0 Å². The van der Waals surface area contributed by atoms with Gasteiger partial charge in [0.15, 0.2) is 0 Å². The Hall–Kier alpha value is -0.560. The summed E-state index contributed by atoms with van der Waals surface area (Å²) in [5.41, 5.74) is 7.32. The molecule has 0 amide bonds. The Kier molecular flexibility index (Phi) is 0.538. The summed E-state index contributed by atoms with van der Waals surface area (Å²) >= 11 is 0. The predicted octanol–water partition coefficient (Wildman–Crippen LogP) is 0.830. The standard InChI is InChI=1S/C6H9N/c1-4-5(2)6(4,3)7/h1-2,7H2,3H3. The third-order valence-corrected chi connectivity index (χ3v) is 1.56. The molecule has 0 radical (unpaired) electrons. The van der Waals surface area contributed by atoms with Gasteiger partial charge in [0.05, 0.1) is 5.54 Å². The van der Waals surface area contributed by atoms with Crippen molar-refractivity contribution in [1.82, 2.24) is 0 Å². The van der Waals surface area contributed by atoms with E-state index in [-0.39, 0.29) is 5.54 Å². The fourth-order valence-electron chi connectivity index (χ4n) is 0.528. The van der Waals surface area contributed by atoms with Crippen LogP contribution in [0.3, 0.4) is 0 Å². The second kappa shape index (κ2) is 0.819. The molecule has 0 spiro atoms.